The second-order valence-electron chi connectivity index (χ2n) is 7.96. The predicted octanol–water partition coefficient (Wildman–Crippen LogP) is 3.61. The minimum atomic E-state index is -0.175. The van der Waals surface area contributed by atoms with E-state index in [0.29, 0.717) is 24.4 Å². The van der Waals surface area contributed by atoms with Crippen LogP contribution in [0.3, 0.4) is 0 Å². The smallest absolute Gasteiger partial charge is 0.236 e. The summed E-state index contributed by atoms with van der Waals surface area (Å²) in [6.07, 6.45) is 4.84. The van der Waals surface area contributed by atoms with E-state index in [0.717, 1.165) is 63.3 Å². The molecule has 2 saturated heterocycles. The van der Waals surface area contributed by atoms with Crippen LogP contribution in [0.15, 0.2) is 42.5 Å². The number of carbonyl (C=O) groups is 1. The monoisotopic (exact) mass is 381 g/mol. The van der Waals surface area contributed by atoms with E-state index in [2.05, 4.69) is 11.0 Å². The van der Waals surface area contributed by atoms with Crippen molar-refractivity contribution in [2.24, 2.45) is 0 Å². The highest BCUT2D eigenvalue weighted by Gasteiger charge is 2.25. The summed E-state index contributed by atoms with van der Waals surface area (Å²) in [7, 11) is 0. The molecule has 0 saturated carbocycles. The molecule has 0 N–H and O–H groups in total. The van der Waals surface area contributed by atoms with Crippen LogP contribution in [0.1, 0.15) is 48.6 Å². The summed E-state index contributed by atoms with van der Waals surface area (Å²) < 4.78 is 13.9. The third kappa shape index (κ3) is 4.58. The van der Waals surface area contributed by atoms with Gasteiger partial charge in [-0.1, -0.05) is 24.3 Å². The molecular weight excluding hydrogens is 353 g/mol. The van der Waals surface area contributed by atoms with Gasteiger partial charge in [0, 0.05) is 36.8 Å². The maximum absolute atomic E-state index is 13.9. The Hall–Kier alpha value is -2.27. The number of hydrogen-bond donors (Lipinski definition) is 0. The van der Waals surface area contributed by atoms with Gasteiger partial charge in [0.2, 0.25) is 5.91 Å². The maximum Gasteiger partial charge on any atom is 0.236 e. The average molecular weight is 381 g/mol. The van der Waals surface area contributed by atoms with Crippen LogP contribution in [0.4, 0.5) is 4.39 Å². The van der Waals surface area contributed by atoms with Crippen LogP contribution in [-0.2, 0) is 11.2 Å². The molecule has 2 aliphatic rings. The molecule has 0 atom stereocenters. The van der Waals surface area contributed by atoms with Gasteiger partial charge in [0.05, 0.1) is 6.54 Å². The van der Waals surface area contributed by atoms with Crippen LogP contribution in [0.5, 0.6) is 0 Å². The van der Waals surface area contributed by atoms with Crippen molar-refractivity contribution in [3.05, 3.63) is 65.2 Å². The number of rotatable bonds is 5. The van der Waals surface area contributed by atoms with Crippen molar-refractivity contribution in [3.8, 4) is 0 Å². The Bertz CT molecular complexity index is 811. The van der Waals surface area contributed by atoms with Crippen LogP contribution < -0.4 is 0 Å². The van der Waals surface area contributed by atoms with Gasteiger partial charge in [-0.15, -0.1) is 0 Å². The van der Waals surface area contributed by atoms with Gasteiger partial charge in [0.15, 0.2) is 0 Å². The molecule has 2 fully saturated rings. The van der Waals surface area contributed by atoms with Gasteiger partial charge in [-0.2, -0.15) is 0 Å². The molecule has 1 aromatic carbocycles. The van der Waals surface area contributed by atoms with Gasteiger partial charge in [-0.3, -0.25) is 14.7 Å². The van der Waals surface area contributed by atoms with Crippen molar-refractivity contribution >= 4 is 5.91 Å². The molecule has 0 spiro atoms. The molecule has 0 aliphatic carbocycles. The lowest BCUT2D eigenvalue weighted by atomic mass is 9.92. The summed E-state index contributed by atoms with van der Waals surface area (Å²) in [6.45, 7) is 4.27. The number of nitrogens with zero attached hydrogens (tertiary/aromatic N) is 3. The van der Waals surface area contributed by atoms with Crippen LogP contribution >= 0.6 is 0 Å². The maximum atomic E-state index is 13.9. The number of halogens is 1. The van der Waals surface area contributed by atoms with Crippen molar-refractivity contribution in [2.75, 3.05) is 32.7 Å². The van der Waals surface area contributed by atoms with Crippen molar-refractivity contribution in [1.29, 1.82) is 0 Å². The molecule has 2 aliphatic heterocycles. The molecule has 4 rings (SSSR count). The standard InChI is InChI=1S/C23H28FN3O/c24-21-8-2-1-6-19(21)16-20-7-5-9-22(25-20)18-10-14-26(15-11-18)17-23(28)27-12-3-4-13-27/h1-2,5-9,18H,3-4,10-17H2. The Morgan fingerprint density at radius 1 is 1.00 bits per heavy atom. The van der Waals surface area contributed by atoms with Crippen LogP contribution in [0.25, 0.3) is 0 Å². The third-order valence-corrected chi connectivity index (χ3v) is 5.98. The Balaban J connectivity index is 1.33. The largest absolute Gasteiger partial charge is 0.342 e. The molecule has 1 aromatic heterocycles. The van der Waals surface area contributed by atoms with Gasteiger partial charge in [-0.05, 0) is 62.5 Å². The van der Waals surface area contributed by atoms with E-state index in [1.807, 2.05) is 29.2 Å². The SMILES string of the molecule is O=C(CN1CCC(c2cccc(Cc3ccccc3F)n2)CC1)N1CCCC1. The summed E-state index contributed by atoms with van der Waals surface area (Å²) in [5.74, 6) is 0.519. The average Bonchev–Trinajstić information content (AvgIpc) is 3.26. The molecule has 5 heteroatoms. The normalized spacial score (nSPS) is 18.5. The number of likely N-dealkylation sites (tertiary alicyclic amines) is 2. The number of aromatic nitrogens is 1. The lowest BCUT2D eigenvalue weighted by Gasteiger charge is -2.32. The van der Waals surface area contributed by atoms with Gasteiger partial charge >= 0.3 is 0 Å². The first-order valence-electron chi connectivity index (χ1n) is 10.4. The van der Waals surface area contributed by atoms with Gasteiger partial charge in [-0.25, -0.2) is 4.39 Å². The van der Waals surface area contributed by atoms with E-state index < -0.39 is 0 Å². The summed E-state index contributed by atoms with van der Waals surface area (Å²) >= 11 is 0. The highest BCUT2D eigenvalue weighted by Crippen LogP contribution is 2.27. The Labute approximate surface area is 166 Å². The fraction of sp³-hybridized carbons (Fsp3) is 0.478. The number of piperidine rings is 1. The van der Waals surface area contributed by atoms with Gasteiger partial charge < -0.3 is 4.90 Å². The molecule has 0 bridgehead atoms. The zero-order valence-electron chi connectivity index (χ0n) is 16.3. The van der Waals surface area contributed by atoms with E-state index >= 15 is 0 Å². The highest BCUT2D eigenvalue weighted by molar-refractivity contribution is 5.78. The fourth-order valence-corrected chi connectivity index (χ4v) is 4.31. The van der Waals surface area contributed by atoms with Crippen molar-refractivity contribution in [1.82, 2.24) is 14.8 Å². The highest BCUT2D eigenvalue weighted by atomic mass is 19.1. The van der Waals surface area contributed by atoms with Crippen LogP contribution in [-0.4, -0.2) is 53.4 Å². The first-order chi connectivity index (χ1) is 13.7. The quantitative estimate of drug-likeness (QED) is 0.794. The molecule has 148 valence electrons. The van der Waals surface area contributed by atoms with Crippen molar-refractivity contribution in [2.45, 2.75) is 38.0 Å². The minimum absolute atomic E-state index is 0.175. The summed E-state index contributed by atoms with van der Waals surface area (Å²) in [5.41, 5.74) is 2.69. The number of amides is 1. The van der Waals surface area contributed by atoms with Gasteiger partial charge in [0.1, 0.15) is 5.82 Å². The topological polar surface area (TPSA) is 36.4 Å². The number of carbonyl (C=O) groups excluding carboxylic acids is 1. The predicted molar refractivity (Wildman–Crippen MR) is 108 cm³/mol. The van der Waals surface area contributed by atoms with E-state index in [-0.39, 0.29) is 11.7 Å². The first-order valence-corrected chi connectivity index (χ1v) is 10.4. The fourth-order valence-electron chi connectivity index (χ4n) is 4.31. The van der Waals surface area contributed by atoms with E-state index in [1.165, 1.54) is 6.07 Å². The third-order valence-electron chi connectivity index (χ3n) is 5.98. The first kappa shape index (κ1) is 19.1. The second-order valence-corrected chi connectivity index (χ2v) is 7.96. The molecule has 0 radical (unpaired) electrons. The van der Waals surface area contributed by atoms with E-state index in [1.54, 1.807) is 6.07 Å². The molecule has 28 heavy (non-hydrogen) atoms. The van der Waals surface area contributed by atoms with E-state index in [9.17, 15) is 9.18 Å². The number of hydrogen-bond acceptors (Lipinski definition) is 3. The lowest BCUT2D eigenvalue weighted by molar-refractivity contribution is -0.131. The van der Waals surface area contributed by atoms with Crippen molar-refractivity contribution in [3.63, 3.8) is 0 Å². The molecule has 4 nitrogen and oxygen atoms in total. The minimum Gasteiger partial charge on any atom is -0.342 e. The zero-order valence-corrected chi connectivity index (χ0v) is 16.3. The van der Waals surface area contributed by atoms with E-state index in [4.69, 9.17) is 4.98 Å². The molecule has 2 aromatic rings. The van der Waals surface area contributed by atoms with Crippen LogP contribution in [0, 0.1) is 5.82 Å². The molecule has 3 heterocycles. The molecule has 0 unspecified atom stereocenters. The summed E-state index contributed by atoms with van der Waals surface area (Å²) in [4.78, 5) is 21.5. The Kier molecular flexibility index (Phi) is 6.01. The molecular formula is C23H28FN3O. The Morgan fingerprint density at radius 3 is 2.50 bits per heavy atom. The summed E-state index contributed by atoms with van der Waals surface area (Å²) in [5, 5.41) is 0. The summed E-state index contributed by atoms with van der Waals surface area (Å²) in [6, 6.07) is 13.0. The van der Waals surface area contributed by atoms with Gasteiger partial charge in [0.25, 0.3) is 0 Å². The van der Waals surface area contributed by atoms with Crippen LogP contribution in [0.2, 0.25) is 0 Å². The number of pyridine rings is 1. The zero-order chi connectivity index (χ0) is 19.3. The molecule has 1 amide bonds. The second kappa shape index (κ2) is 8.82. The number of benzene rings is 1. The Morgan fingerprint density at radius 2 is 1.75 bits per heavy atom. The lowest BCUT2D eigenvalue weighted by Crippen LogP contribution is -2.42. The van der Waals surface area contributed by atoms with Crippen molar-refractivity contribution < 1.29 is 9.18 Å².